The molecule has 0 heterocycles. The molecule has 82 valence electrons. The summed E-state index contributed by atoms with van der Waals surface area (Å²) in [5.41, 5.74) is 3.08. The van der Waals surface area contributed by atoms with Gasteiger partial charge in [-0.25, -0.2) is 0 Å². The third-order valence-corrected chi connectivity index (χ3v) is 4.67. The van der Waals surface area contributed by atoms with E-state index in [4.69, 9.17) is 0 Å². The van der Waals surface area contributed by atoms with Gasteiger partial charge in [-0.15, -0.1) is 0 Å². The molecule has 1 heteroatoms. The Morgan fingerprint density at radius 2 is 2.07 bits per heavy atom. The van der Waals surface area contributed by atoms with Crippen LogP contribution >= 0.6 is 15.9 Å². The molecular formula is C14H19Br. The van der Waals surface area contributed by atoms with Gasteiger partial charge in [0.25, 0.3) is 0 Å². The highest BCUT2D eigenvalue weighted by molar-refractivity contribution is 9.09. The zero-order valence-corrected chi connectivity index (χ0v) is 11.0. The smallest absolute Gasteiger partial charge is 0.0429 e. The van der Waals surface area contributed by atoms with Gasteiger partial charge in [-0.05, 0) is 29.9 Å². The van der Waals surface area contributed by atoms with E-state index in [0.29, 0.717) is 4.83 Å². The third kappa shape index (κ3) is 2.44. The topological polar surface area (TPSA) is 0 Å². The number of rotatable bonds is 4. The summed E-state index contributed by atoms with van der Waals surface area (Å²) in [6.45, 7) is 2.27. The van der Waals surface area contributed by atoms with Crippen molar-refractivity contribution in [1.29, 1.82) is 0 Å². The minimum Gasteiger partial charge on any atom is -0.0836 e. The number of unbranched alkanes of at least 4 members (excludes halogenated alkanes) is 2. The molecule has 0 nitrogen and oxygen atoms in total. The van der Waals surface area contributed by atoms with E-state index in [2.05, 4.69) is 47.1 Å². The Labute approximate surface area is 101 Å². The van der Waals surface area contributed by atoms with Crippen molar-refractivity contribution in [2.75, 3.05) is 0 Å². The molecule has 15 heavy (non-hydrogen) atoms. The number of hydrogen-bond acceptors (Lipinski definition) is 0. The first-order valence-electron chi connectivity index (χ1n) is 6.04. The SMILES string of the molecule is CCCCCC1Cc2ccccc2C1Br. The van der Waals surface area contributed by atoms with Gasteiger partial charge in [0.05, 0.1) is 0 Å². The van der Waals surface area contributed by atoms with E-state index in [1.165, 1.54) is 37.7 Å². The summed E-state index contributed by atoms with van der Waals surface area (Å²) in [4.78, 5) is 0.602. The Hall–Kier alpha value is -0.300. The summed E-state index contributed by atoms with van der Waals surface area (Å²) in [6.07, 6.45) is 6.74. The van der Waals surface area contributed by atoms with E-state index in [9.17, 15) is 0 Å². The molecule has 0 fully saturated rings. The first kappa shape index (κ1) is 11.2. The highest BCUT2D eigenvalue weighted by Gasteiger charge is 2.29. The second-order valence-corrected chi connectivity index (χ2v) is 5.55. The lowest BCUT2D eigenvalue weighted by atomic mass is 9.98. The van der Waals surface area contributed by atoms with Crippen LogP contribution in [0.15, 0.2) is 24.3 Å². The number of alkyl halides is 1. The van der Waals surface area contributed by atoms with Gasteiger partial charge < -0.3 is 0 Å². The minimum absolute atomic E-state index is 0.602. The number of fused-ring (bicyclic) bond motifs is 1. The predicted octanol–water partition coefficient (Wildman–Crippen LogP) is 4.88. The fourth-order valence-corrected chi connectivity index (χ4v) is 3.43. The molecule has 0 spiro atoms. The van der Waals surface area contributed by atoms with Gasteiger partial charge in [0.15, 0.2) is 0 Å². The maximum atomic E-state index is 3.86. The molecule has 0 saturated heterocycles. The number of halogens is 1. The Morgan fingerprint density at radius 1 is 1.27 bits per heavy atom. The predicted molar refractivity (Wildman–Crippen MR) is 69.4 cm³/mol. The minimum atomic E-state index is 0.602. The van der Waals surface area contributed by atoms with Gasteiger partial charge in [0, 0.05) is 4.83 Å². The first-order chi connectivity index (χ1) is 7.33. The molecule has 1 aromatic carbocycles. The molecular weight excluding hydrogens is 248 g/mol. The van der Waals surface area contributed by atoms with Gasteiger partial charge in [0.2, 0.25) is 0 Å². The monoisotopic (exact) mass is 266 g/mol. The van der Waals surface area contributed by atoms with Crippen LogP contribution in [0.1, 0.15) is 48.6 Å². The normalized spacial score (nSPS) is 24.1. The summed E-state index contributed by atoms with van der Waals surface area (Å²) in [5.74, 6) is 0.828. The fraction of sp³-hybridized carbons (Fsp3) is 0.571. The van der Waals surface area contributed by atoms with Crippen molar-refractivity contribution < 1.29 is 0 Å². The van der Waals surface area contributed by atoms with Crippen molar-refractivity contribution in [2.24, 2.45) is 5.92 Å². The second-order valence-electron chi connectivity index (χ2n) is 4.56. The van der Waals surface area contributed by atoms with Crippen LogP contribution in [0.5, 0.6) is 0 Å². The molecule has 1 aliphatic carbocycles. The van der Waals surface area contributed by atoms with Gasteiger partial charge in [-0.3, -0.25) is 0 Å². The van der Waals surface area contributed by atoms with Crippen LogP contribution in [-0.2, 0) is 6.42 Å². The van der Waals surface area contributed by atoms with Gasteiger partial charge in [-0.2, -0.15) is 0 Å². The van der Waals surface area contributed by atoms with Crippen molar-refractivity contribution in [3.8, 4) is 0 Å². The highest BCUT2D eigenvalue weighted by atomic mass is 79.9. The van der Waals surface area contributed by atoms with Crippen molar-refractivity contribution in [3.63, 3.8) is 0 Å². The molecule has 0 radical (unpaired) electrons. The van der Waals surface area contributed by atoms with E-state index < -0.39 is 0 Å². The molecule has 0 aromatic heterocycles. The maximum absolute atomic E-state index is 3.86. The lowest BCUT2D eigenvalue weighted by Crippen LogP contribution is -2.01. The van der Waals surface area contributed by atoms with Crippen molar-refractivity contribution in [2.45, 2.75) is 43.9 Å². The molecule has 1 aliphatic rings. The van der Waals surface area contributed by atoms with E-state index >= 15 is 0 Å². The van der Waals surface area contributed by atoms with Crippen molar-refractivity contribution in [3.05, 3.63) is 35.4 Å². The van der Waals surface area contributed by atoms with Crippen LogP contribution in [0.2, 0.25) is 0 Å². The molecule has 0 N–H and O–H groups in total. The Kier molecular flexibility index (Phi) is 3.85. The third-order valence-electron chi connectivity index (χ3n) is 3.43. The van der Waals surface area contributed by atoms with Gasteiger partial charge in [0.1, 0.15) is 0 Å². The van der Waals surface area contributed by atoms with E-state index in [1.807, 2.05) is 0 Å². The van der Waals surface area contributed by atoms with Crippen molar-refractivity contribution >= 4 is 15.9 Å². The maximum Gasteiger partial charge on any atom is 0.0429 e. The molecule has 2 rings (SSSR count). The van der Waals surface area contributed by atoms with Crippen LogP contribution in [0.25, 0.3) is 0 Å². The summed E-state index contributed by atoms with van der Waals surface area (Å²) >= 11 is 3.86. The van der Waals surface area contributed by atoms with Crippen LogP contribution in [0.4, 0.5) is 0 Å². The first-order valence-corrected chi connectivity index (χ1v) is 6.96. The van der Waals surface area contributed by atoms with Gasteiger partial charge in [-0.1, -0.05) is 66.4 Å². The Morgan fingerprint density at radius 3 is 2.80 bits per heavy atom. The zero-order chi connectivity index (χ0) is 10.7. The standard InChI is InChI=1S/C14H19Br/c1-2-3-4-8-12-10-11-7-5-6-9-13(11)14(12)15/h5-7,9,12,14H,2-4,8,10H2,1H3. The van der Waals surface area contributed by atoms with E-state index in [-0.39, 0.29) is 0 Å². The molecule has 0 bridgehead atoms. The van der Waals surface area contributed by atoms with Crippen LogP contribution < -0.4 is 0 Å². The molecule has 1 aromatic rings. The molecule has 2 unspecified atom stereocenters. The number of hydrogen-bond donors (Lipinski definition) is 0. The highest BCUT2D eigenvalue weighted by Crippen LogP contribution is 2.44. The van der Waals surface area contributed by atoms with Crippen LogP contribution in [-0.4, -0.2) is 0 Å². The quantitative estimate of drug-likeness (QED) is 0.539. The summed E-state index contributed by atoms with van der Waals surface area (Å²) in [6, 6.07) is 8.87. The summed E-state index contributed by atoms with van der Waals surface area (Å²) in [7, 11) is 0. The van der Waals surface area contributed by atoms with Crippen molar-refractivity contribution in [1.82, 2.24) is 0 Å². The Balaban J connectivity index is 1.97. The molecule has 0 saturated carbocycles. The Bertz CT molecular complexity index is 319. The number of benzene rings is 1. The van der Waals surface area contributed by atoms with E-state index in [1.54, 1.807) is 5.56 Å². The largest absolute Gasteiger partial charge is 0.0836 e. The summed E-state index contributed by atoms with van der Waals surface area (Å²) in [5, 5.41) is 0. The van der Waals surface area contributed by atoms with Crippen LogP contribution in [0, 0.1) is 5.92 Å². The summed E-state index contributed by atoms with van der Waals surface area (Å²) < 4.78 is 0. The zero-order valence-electron chi connectivity index (χ0n) is 9.38. The van der Waals surface area contributed by atoms with Gasteiger partial charge >= 0.3 is 0 Å². The average Bonchev–Trinajstić information content (AvgIpc) is 2.57. The second kappa shape index (κ2) is 5.16. The lowest BCUT2D eigenvalue weighted by Gasteiger charge is -2.13. The molecule has 0 amide bonds. The fourth-order valence-electron chi connectivity index (χ4n) is 2.53. The van der Waals surface area contributed by atoms with Crippen LogP contribution in [0.3, 0.4) is 0 Å². The average molecular weight is 267 g/mol. The van der Waals surface area contributed by atoms with E-state index in [0.717, 1.165) is 5.92 Å². The lowest BCUT2D eigenvalue weighted by molar-refractivity contribution is 0.477. The molecule has 0 aliphatic heterocycles. The molecule has 2 atom stereocenters.